The summed E-state index contributed by atoms with van der Waals surface area (Å²) < 4.78 is 10.2. The molecule has 2 aromatic carbocycles. The molecule has 0 radical (unpaired) electrons. The fraction of sp³-hybridized carbons (Fsp3) is 0.500. The smallest absolute Gasteiger partial charge is 0.269 e. The van der Waals surface area contributed by atoms with Gasteiger partial charge < -0.3 is 60.5 Å². The SMILES string of the molecule is O=[N+]([O-])c1ccc([C@@]2(O)O[C@H](CO)[C@@H](O)[C@H](O)[C@H]2O)cc1.O=[N+]([O-])c1ccc([C@@]2(O)O[C@H](CO)[C@@H](O)[C@H](O)[C@H]2O)cc1. The van der Waals surface area contributed by atoms with E-state index in [-0.39, 0.29) is 22.5 Å². The van der Waals surface area contributed by atoms with Gasteiger partial charge in [0.1, 0.15) is 48.8 Å². The molecule has 0 unspecified atom stereocenters. The van der Waals surface area contributed by atoms with E-state index in [1.165, 1.54) is 0 Å². The Morgan fingerprint density at radius 1 is 0.595 bits per heavy atom. The summed E-state index contributed by atoms with van der Waals surface area (Å²) in [4.78, 5) is 19.9. The molecule has 2 aliphatic rings. The lowest BCUT2D eigenvalue weighted by atomic mass is 9.88. The number of rotatable bonds is 6. The monoisotopic (exact) mass is 602 g/mol. The van der Waals surface area contributed by atoms with Crippen LogP contribution in [0.5, 0.6) is 0 Å². The highest BCUT2D eigenvalue weighted by Crippen LogP contribution is 2.38. The summed E-state index contributed by atoms with van der Waals surface area (Å²) in [6.45, 7) is -1.39. The molecule has 0 amide bonds. The van der Waals surface area contributed by atoms with Crippen molar-refractivity contribution in [1.82, 2.24) is 0 Å². The van der Waals surface area contributed by atoms with Crippen LogP contribution in [0.25, 0.3) is 0 Å². The first-order valence-corrected chi connectivity index (χ1v) is 12.2. The van der Waals surface area contributed by atoms with Gasteiger partial charge in [0.15, 0.2) is 0 Å². The molecule has 18 nitrogen and oxygen atoms in total. The molecule has 0 aromatic heterocycles. The van der Waals surface area contributed by atoms with Gasteiger partial charge in [0.2, 0.25) is 11.6 Å². The molecule has 10 N–H and O–H groups in total. The zero-order valence-corrected chi connectivity index (χ0v) is 21.5. The standard InChI is InChI=1S/2C12H15NO8/c2*14-5-8-9(15)10(16)11(17)12(18,21-8)6-1-3-7(4-2-6)13(19)20/h2*1-4,8-11,14-18H,5H2/t2*8-,9-,10+,11-,12-/m11/s1. The molecule has 2 aliphatic heterocycles. The molecule has 0 spiro atoms. The maximum atomic E-state index is 10.6. The highest BCUT2D eigenvalue weighted by molar-refractivity contribution is 5.36. The van der Waals surface area contributed by atoms with Crippen molar-refractivity contribution in [3.05, 3.63) is 79.9 Å². The lowest BCUT2D eigenvalue weighted by Crippen LogP contribution is -2.63. The molecule has 18 heteroatoms. The van der Waals surface area contributed by atoms with Gasteiger partial charge >= 0.3 is 0 Å². The van der Waals surface area contributed by atoms with Gasteiger partial charge in [-0.25, -0.2) is 0 Å². The number of nitrogens with zero attached hydrogens (tertiary/aromatic N) is 2. The zero-order chi connectivity index (χ0) is 31.6. The molecule has 2 aromatic rings. The van der Waals surface area contributed by atoms with E-state index in [0.717, 1.165) is 48.5 Å². The van der Waals surface area contributed by atoms with Crippen molar-refractivity contribution in [2.24, 2.45) is 0 Å². The van der Waals surface area contributed by atoms with E-state index in [0.29, 0.717) is 0 Å². The Kier molecular flexibility index (Phi) is 10.3. The van der Waals surface area contributed by atoms with E-state index < -0.39 is 83.5 Å². The molecular formula is C24H30N2O16. The number of hydrogen-bond acceptors (Lipinski definition) is 16. The van der Waals surface area contributed by atoms with Crippen molar-refractivity contribution in [3.8, 4) is 0 Å². The molecular weight excluding hydrogens is 572 g/mol. The summed E-state index contributed by atoms with van der Waals surface area (Å²) in [5, 5.41) is 119. The van der Waals surface area contributed by atoms with Crippen LogP contribution in [0.4, 0.5) is 11.4 Å². The minimum atomic E-state index is -2.40. The second kappa shape index (κ2) is 13.0. The van der Waals surface area contributed by atoms with Crippen molar-refractivity contribution in [2.45, 2.75) is 60.4 Å². The van der Waals surface area contributed by atoms with E-state index >= 15 is 0 Å². The third kappa shape index (κ3) is 6.24. The van der Waals surface area contributed by atoms with Crippen LogP contribution in [-0.4, -0.2) is 123 Å². The molecule has 0 saturated carbocycles. The Bertz CT molecular complexity index is 1130. The van der Waals surface area contributed by atoms with Crippen LogP contribution < -0.4 is 0 Å². The average molecular weight is 603 g/mol. The molecule has 2 saturated heterocycles. The molecule has 232 valence electrons. The van der Waals surface area contributed by atoms with Crippen LogP contribution in [0, 0.1) is 20.2 Å². The Hall–Kier alpha value is -3.24. The first kappa shape index (κ1) is 33.3. The number of aliphatic hydroxyl groups excluding tert-OH is 8. The quantitative estimate of drug-likeness (QED) is 0.113. The van der Waals surface area contributed by atoms with Gasteiger partial charge in [-0.1, -0.05) is 0 Å². The normalized spacial score (nSPS) is 36.4. The summed E-state index contributed by atoms with van der Waals surface area (Å²) in [7, 11) is 0. The highest BCUT2D eigenvalue weighted by Gasteiger charge is 2.54. The largest absolute Gasteiger partial charge is 0.394 e. The predicted molar refractivity (Wildman–Crippen MR) is 134 cm³/mol. The average Bonchev–Trinajstić information content (AvgIpc) is 2.99. The van der Waals surface area contributed by atoms with Crippen molar-refractivity contribution in [3.63, 3.8) is 0 Å². The molecule has 2 fully saturated rings. The number of aliphatic hydroxyl groups is 10. The number of nitro groups is 2. The topological polar surface area (TPSA) is 307 Å². The number of ether oxygens (including phenoxy) is 2. The summed E-state index contributed by atoms with van der Waals surface area (Å²) in [6, 6.07) is 8.98. The van der Waals surface area contributed by atoms with Crippen LogP contribution in [-0.2, 0) is 21.0 Å². The van der Waals surface area contributed by atoms with Gasteiger partial charge in [-0.15, -0.1) is 0 Å². The van der Waals surface area contributed by atoms with Crippen molar-refractivity contribution >= 4 is 11.4 Å². The third-order valence-corrected chi connectivity index (χ3v) is 6.92. The lowest BCUT2D eigenvalue weighted by Gasteiger charge is -2.45. The van der Waals surface area contributed by atoms with Crippen LogP contribution in [0.1, 0.15) is 11.1 Å². The van der Waals surface area contributed by atoms with Crippen molar-refractivity contribution < 1.29 is 70.4 Å². The van der Waals surface area contributed by atoms with E-state index in [2.05, 4.69) is 0 Å². The van der Waals surface area contributed by atoms with Gasteiger partial charge in [0, 0.05) is 35.4 Å². The second-order valence-electron chi connectivity index (χ2n) is 9.53. The van der Waals surface area contributed by atoms with Gasteiger partial charge in [-0.2, -0.15) is 0 Å². The van der Waals surface area contributed by atoms with Gasteiger partial charge in [-0.05, 0) is 24.3 Å². The Morgan fingerprint density at radius 3 is 1.12 bits per heavy atom. The van der Waals surface area contributed by atoms with Gasteiger partial charge in [0.05, 0.1) is 23.1 Å². The Balaban J connectivity index is 0.000000230. The first-order valence-electron chi connectivity index (χ1n) is 12.2. The summed E-state index contributed by atoms with van der Waals surface area (Å²) in [5.41, 5.74) is -0.561. The lowest BCUT2D eigenvalue weighted by molar-refractivity contribution is -0.385. The number of non-ortho nitro benzene ring substituents is 2. The predicted octanol–water partition coefficient (Wildman–Crippen LogP) is -3.57. The Labute approximate surface area is 235 Å². The third-order valence-electron chi connectivity index (χ3n) is 6.92. The first-order chi connectivity index (χ1) is 19.6. The molecule has 4 rings (SSSR count). The molecule has 0 aliphatic carbocycles. The van der Waals surface area contributed by atoms with E-state index in [9.17, 15) is 61.1 Å². The van der Waals surface area contributed by atoms with Gasteiger partial charge in [0.25, 0.3) is 11.4 Å². The summed E-state index contributed by atoms with van der Waals surface area (Å²) >= 11 is 0. The van der Waals surface area contributed by atoms with Gasteiger partial charge in [-0.3, -0.25) is 20.2 Å². The minimum absolute atomic E-state index is 0.0509. The van der Waals surface area contributed by atoms with Crippen LogP contribution >= 0.6 is 0 Å². The molecule has 42 heavy (non-hydrogen) atoms. The maximum absolute atomic E-state index is 10.6. The maximum Gasteiger partial charge on any atom is 0.269 e. The highest BCUT2D eigenvalue weighted by atomic mass is 16.7. The molecule has 10 atom stereocenters. The summed E-state index contributed by atoms with van der Waals surface area (Å²) in [5.74, 6) is -4.80. The Morgan fingerprint density at radius 2 is 0.881 bits per heavy atom. The second-order valence-corrected chi connectivity index (χ2v) is 9.53. The summed E-state index contributed by atoms with van der Waals surface area (Å²) in [6.07, 6.45) is -13.1. The van der Waals surface area contributed by atoms with E-state index in [1.54, 1.807) is 0 Å². The number of benzene rings is 2. The van der Waals surface area contributed by atoms with E-state index in [1.807, 2.05) is 0 Å². The fourth-order valence-corrected chi connectivity index (χ4v) is 4.43. The zero-order valence-electron chi connectivity index (χ0n) is 21.5. The van der Waals surface area contributed by atoms with Crippen LogP contribution in [0.3, 0.4) is 0 Å². The minimum Gasteiger partial charge on any atom is -0.394 e. The van der Waals surface area contributed by atoms with Crippen molar-refractivity contribution in [1.29, 1.82) is 0 Å². The molecule has 2 heterocycles. The number of nitro benzene ring substituents is 2. The van der Waals surface area contributed by atoms with Crippen LogP contribution in [0.15, 0.2) is 48.5 Å². The number of hydrogen-bond donors (Lipinski definition) is 10. The fourth-order valence-electron chi connectivity index (χ4n) is 4.43. The van der Waals surface area contributed by atoms with E-state index in [4.69, 9.17) is 19.7 Å². The van der Waals surface area contributed by atoms with Crippen LogP contribution in [0.2, 0.25) is 0 Å². The van der Waals surface area contributed by atoms with Crippen molar-refractivity contribution in [2.75, 3.05) is 13.2 Å². The molecule has 0 bridgehead atoms.